The molecule has 3 rings (SSSR count). The number of anilines is 1. The fourth-order valence-electron chi connectivity index (χ4n) is 2.31. The van der Waals surface area contributed by atoms with E-state index in [0.717, 1.165) is 3.57 Å². The fraction of sp³-hybridized carbons (Fsp3) is 0. The fourth-order valence-corrected chi connectivity index (χ4v) is 3.23. The number of carbonyl (C=O) groups is 1. The molecule has 0 saturated heterocycles. The number of hydrogen-bond donors (Lipinski definition) is 1. The Balaban J connectivity index is 1.86. The Bertz CT molecular complexity index is 1080. The molecule has 0 atom stereocenters. The van der Waals surface area contributed by atoms with Gasteiger partial charge in [0.1, 0.15) is 23.2 Å². The van der Waals surface area contributed by atoms with Crippen molar-refractivity contribution in [2.45, 2.75) is 0 Å². The van der Waals surface area contributed by atoms with Gasteiger partial charge in [-0.3, -0.25) is 4.79 Å². The molecule has 0 aliphatic carbocycles. The summed E-state index contributed by atoms with van der Waals surface area (Å²) in [6.07, 6.45) is 1.38. The number of hydrogen-bond acceptors (Lipinski definition) is 3. The van der Waals surface area contributed by atoms with Gasteiger partial charge < -0.3 is 9.73 Å². The second kappa shape index (κ2) is 8.61. The lowest BCUT2D eigenvalue weighted by Gasteiger charge is -2.06. The van der Waals surface area contributed by atoms with Gasteiger partial charge in [0.05, 0.1) is 15.7 Å². The molecule has 4 nitrogen and oxygen atoms in total. The van der Waals surface area contributed by atoms with Gasteiger partial charge >= 0.3 is 0 Å². The summed E-state index contributed by atoms with van der Waals surface area (Å²) in [5.41, 5.74) is 1.19. The number of benzene rings is 2. The summed E-state index contributed by atoms with van der Waals surface area (Å²) < 4.78 is 6.58. The lowest BCUT2D eigenvalue weighted by atomic mass is 10.2. The number of nitrogens with one attached hydrogen (secondary N) is 1. The van der Waals surface area contributed by atoms with Crippen molar-refractivity contribution in [2.24, 2.45) is 0 Å². The highest BCUT2D eigenvalue weighted by Gasteiger charge is 2.14. The normalized spacial score (nSPS) is 11.1. The molecule has 0 spiro atoms. The van der Waals surface area contributed by atoms with Crippen molar-refractivity contribution in [3.8, 4) is 17.4 Å². The Hall–Kier alpha value is -2.27. The molecular formula is C20H11Cl2IN2O2. The standard InChI is InChI=1S/C20H11Cl2IN2O2/c21-15-5-3-4-14(19(15)22)18-9-8-13(27-18)10-12(11-24)20(26)25-17-7-2-1-6-16(17)23/h1-10H,(H,25,26)/b12-10-. The summed E-state index contributed by atoms with van der Waals surface area (Å²) >= 11 is 14.3. The van der Waals surface area contributed by atoms with Gasteiger partial charge in [-0.25, -0.2) is 0 Å². The number of amides is 1. The summed E-state index contributed by atoms with van der Waals surface area (Å²) in [6, 6.07) is 17.8. The van der Waals surface area contributed by atoms with Gasteiger partial charge in [-0.15, -0.1) is 0 Å². The molecule has 1 heterocycles. The van der Waals surface area contributed by atoms with E-state index >= 15 is 0 Å². The Morgan fingerprint density at radius 3 is 2.63 bits per heavy atom. The Morgan fingerprint density at radius 2 is 1.89 bits per heavy atom. The predicted molar refractivity (Wildman–Crippen MR) is 116 cm³/mol. The third-order valence-electron chi connectivity index (χ3n) is 3.62. The molecule has 1 N–H and O–H groups in total. The van der Waals surface area contributed by atoms with E-state index < -0.39 is 5.91 Å². The van der Waals surface area contributed by atoms with Crippen LogP contribution in [0.4, 0.5) is 5.69 Å². The van der Waals surface area contributed by atoms with Crippen molar-refractivity contribution in [3.05, 3.63) is 79.5 Å². The number of halogens is 3. The topological polar surface area (TPSA) is 66.0 Å². The van der Waals surface area contributed by atoms with Gasteiger partial charge in [0, 0.05) is 15.2 Å². The average Bonchev–Trinajstić information content (AvgIpc) is 3.12. The maximum atomic E-state index is 12.4. The third-order valence-corrected chi connectivity index (χ3v) is 5.38. The molecule has 134 valence electrons. The zero-order valence-corrected chi connectivity index (χ0v) is 17.3. The minimum absolute atomic E-state index is 0.0762. The molecule has 7 heteroatoms. The summed E-state index contributed by atoms with van der Waals surface area (Å²) in [4.78, 5) is 12.4. The van der Waals surface area contributed by atoms with E-state index in [2.05, 4.69) is 27.9 Å². The van der Waals surface area contributed by atoms with Crippen LogP contribution in [-0.4, -0.2) is 5.91 Å². The maximum absolute atomic E-state index is 12.4. The molecule has 27 heavy (non-hydrogen) atoms. The predicted octanol–water partition coefficient (Wildman–Crippen LogP) is 6.40. The molecule has 0 unspecified atom stereocenters. The van der Waals surface area contributed by atoms with Crippen molar-refractivity contribution in [1.29, 1.82) is 5.26 Å². The Labute approximate surface area is 179 Å². The van der Waals surface area contributed by atoms with Crippen LogP contribution in [0.2, 0.25) is 10.0 Å². The zero-order chi connectivity index (χ0) is 19.4. The number of furan rings is 1. The van der Waals surface area contributed by atoms with Crippen LogP contribution in [0, 0.1) is 14.9 Å². The first-order chi connectivity index (χ1) is 13.0. The number of para-hydroxylation sites is 1. The minimum atomic E-state index is -0.514. The van der Waals surface area contributed by atoms with E-state index in [-0.39, 0.29) is 5.57 Å². The smallest absolute Gasteiger partial charge is 0.266 e. The first kappa shape index (κ1) is 19.5. The van der Waals surface area contributed by atoms with E-state index in [1.807, 2.05) is 18.2 Å². The first-order valence-electron chi connectivity index (χ1n) is 7.71. The molecule has 2 aromatic carbocycles. The largest absolute Gasteiger partial charge is 0.457 e. The van der Waals surface area contributed by atoms with Gasteiger partial charge in [0.2, 0.25) is 0 Å². The monoisotopic (exact) mass is 508 g/mol. The van der Waals surface area contributed by atoms with Gasteiger partial charge in [-0.2, -0.15) is 5.26 Å². The molecule has 1 amide bonds. The van der Waals surface area contributed by atoms with Crippen LogP contribution in [0.1, 0.15) is 5.76 Å². The molecule has 0 aliphatic heterocycles. The van der Waals surface area contributed by atoms with Crippen LogP contribution < -0.4 is 5.32 Å². The summed E-state index contributed by atoms with van der Waals surface area (Å²) in [5, 5.41) is 12.9. The molecule has 0 fully saturated rings. The van der Waals surface area contributed by atoms with E-state index in [0.29, 0.717) is 32.8 Å². The molecule has 1 aromatic heterocycles. The average molecular weight is 509 g/mol. The van der Waals surface area contributed by atoms with Gasteiger partial charge in [-0.05, 0) is 59.0 Å². The second-order valence-corrected chi connectivity index (χ2v) is 7.35. The van der Waals surface area contributed by atoms with Gasteiger partial charge in [0.15, 0.2) is 0 Å². The number of rotatable bonds is 4. The highest BCUT2D eigenvalue weighted by atomic mass is 127. The van der Waals surface area contributed by atoms with Crippen LogP contribution in [0.25, 0.3) is 17.4 Å². The zero-order valence-electron chi connectivity index (χ0n) is 13.7. The summed E-state index contributed by atoms with van der Waals surface area (Å²) in [6.45, 7) is 0. The van der Waals surface area contributed by atoms with Crippen molar-refractivity contribution >= 4 is 63.5 Å². The quantitative estimate of drug-likeness (QED) is 0.252. The summed E-state index contributed by atoms with van der Waals surface area (Å²) in [5.74, 6) is 0.333. The van der Waals surface area contributed by atoms with E-state index in [4.69, 9.17) is 27.6 Å². The molecule has 0 saturated carbocycles. The Kier molecular flexibility index (Phi) is 6.22. The van der Waals surface area contributed by atoms with Crippen LogP contribution in [0.15, 0.2) is 64.6 Å². The van der Waals surface area contributed by atoms with Crippen molar-refractivity contribution in [2.75, 3.05) is 5.32 Å². The number of nitriles is 1. The second-order valence-electron chi connectivity index (χ2n) is 5.41. The SMILES string of the molecule is N#C/C(=C/c1ccc(-c2cccc(Cl)c2Cl)o1)C(=O)Nc1ccccc1I. The highest BCUT2D eigenvalue weighted by molar-refractivity contribution is 14.1. The minimum Gasteiger partial charge on any atom is -0.457 e. The molecule has 3 aromatic rings. The lowest BCUT2D eigenvalue weighted by molar-refractivity contribution is -0.112. The molecule has 0 radical (unpaired) electrons. The maximum Gasteiger partial charge on any atom is 0.266 e. The molecule has 0 aliphatic rings. The number of nitrogens with zero attached hydrogens (tertiary/aromatic N) is 1. The van der Waals surface area contributed by atoms with Crippen molar-refractivity contribution < 1.29 is 9.21 Å². The van der Waals surface area contributed by atoms with Gasteiger partial charge in [-0.1, -0.05) is 41.4 Å². The summed E-state index contributed by atoms with van der Waals surface area (Å²) in [7, 11) is 0. The Morgan fingerprint density at radius 1 is 1.11 bits per heavy atom. The lowest BCUT2D eigenvalue weighted by Crippen LogP contribution is -2.14. The van der Waals surface area contributed by atoms with E-state index in [1.165, 1.54) is 6.08 Å². The van der Waals surface area contributed by atoms with Crippen LogP contribution in [0.5, 0.6) is 0 Å². The van der Waals surface area contributed by atoms with Crippen molar-refractivity contribution in [1.82, 2.24) is 0 Å². The van der Waals surface area contributed by atoms with E-state index in [1.54, 1.807) is 42.5 Å². The van der Waals surface area contributed by atoms with Gasteiger partial charge in [0.25, 0.3) is 5.91 Å². The third kappa shape index (κ3) is 4.53. The number of carbonyl (C=O) groups excluding carboxylic acids is 1. The molecule has 0 bridgehead atoms. The van der Waals surface area contributed by atoms with E-state index in [9.17, 15) is 10.1 Å². The molecular weight excluding hydrogens is 498 g/mol. The van der Waals surface area contributed by atoms with Crippen LogP contribution in [-0.2, 0) is 4.79 Å². The highest BCUT2D eigenvalue weighted by Crippen LogP contribution is 2.34. The van der Waals surface area contributed by atoms with Crippen molar-refractivity contribution in [3.63, 3.8) is 0 Å². The van der Waals surface area contributed by atoms with Crippen LogP contribution in [0.3, 0.4) is 0 Å². The first-order valence-corrected chi connectivity index (χ1v) is 9.55. The van der Waals surface area contributed by atoms with Crippen LogP contribution >= 0.6 is 45.8 Å².